The van der Waals surface area contributed by atoms with Crippen molar-refractivity contribution in [3.8, 4) is 0 Å². The van der Waals surface area contributed by atoms with E-state index in [0.29, 0.717) is 0 Å². The highest BCUT2D eigenvalue weighted by Crippen LogP contribution is 2.40. The number of rotatable bonds is 2. The van der Waals surface area contributed by atoms with Crippen molar-refractivity contribution in [2.24, 2.45) is 0 Å². The zero-order valence-corrected chi connectivity index (χ0v) is 9.76. The van der Waals surface area contributed by atoms with Crippen molar-refractivity contribution in [2.45, 2.75) is 11.1 Å². The third-order valence-electron chi connectivity index (χ3n) is 2.00. The molecule has 0 saturated heterocycles. The molecule has 0 aliphatic heterocycles. The molecule has 0 radical (unpaired) electrons. The molecule has 116 valence electrons. The minimum Gasteiger partial charge on any atom is -0.304 e. The lowest BCUT2D eigenvalue weighted by atomic mass is 10.3. The molecule has 20 heavy (non-hydrogen) atoms. The van der Waals surface area contributed by atoms with E-state index in [9.17, 15) is 39.3 Å². The minimum atomic E-state index is -7.36. The first kappa shape index (κ1) is 16.8. The van der Waals surface area contributed by atoms with Crippen LogP contribution in [0, 0.1) is 29.1 Å². The van der Waals surface area contributed by atoms with E-state index in [1.54, 1.807) is 0 Å². The first-order chi connectivity index (χ1) is 8.66. The quantitative estimate of drug-likeness (QED) is 0.497. The number of alkyl halides is 3. The molecule has 0 saturated carbocycles. The van der Waals surface area contributed by atoms with Gasteiger partial charge in [0.1, 0.15) is 20.3 Å². The molecule has 0 bridgehead atoms. The summed E-state index contributed by atoms with van der Waals surface area (Å²) in [6.45, 7) is 0. The summed E-state index contributed by atoms with van der Waals surface area (Å²) in [5.41, 5.74) is 0. The Morgan fingerprint density at radius 1 is 0.800 bits per heavy atom. The van der Waals surface area contributed by atoms with E-state index in [4.69, 9.17) is 9.11 Å². The fourth-order valence-electron chi connectivity index (χ4n) is 1.31. The van der Waals surface area contributed by atoms with Gasteiger partial charge in [0.05, 0.1) is 0 Å². The summed E-state index contributed by atoms with van der Waals surface area (Å²) in [7, 11) is -7.36. The van der Waals surface area contributed by atoms with Gasteiger partial charge in [0, 0.05) is 0 Å². The average Bonchev–Trinajstić information content (AvgIpc) is 2.18. The summed E-state index contributed by atoms with van der Waals surface area (Å²) in [6, 6.07) is 0. The second-order valence-corrected chi connectivity index (χ2v) is 6.41. The number of halogens is 8. The Hall–Kier alpha value is -1.27. The van der Waals surface area contributed by atoms with E-state index in [1.165, 1.54) is 0 Å². The van der Waals surface area contributed by atoms with E-state index >= 15 is 0 Å². The van der Waals surface area contributed by atoms with E-state index in [-0.39, 0.29) is 0 Å². The smallest absolute Gasteiger partial charge is 0.304 e. The van der Waals surface area contributed by atoms with E-state index in [2.05, 4.69) is 0 Å². The molecule has 0 atom stereocenters. The normalized spacial score (nSPS) is 15.0. The van der Waals surface area contributed by atoms with Gasteiger partial charge in [-0.15, -0.1) is 0 Å². The van der Waals surface area contributed by atoms with Crippen LogP contribution in [0.5, 0.6) is 0 Å². The Labute approximate surface area is 105 Å². The first-order valence-electron chi connectivity index (χ1n) is 4.39. The average molecular weight is 332 g/mol. The van der Waals surface area contributed by atoms with Crippen molar-refractivity contribution >= 4 is 9.63 Å². The van der Waals surface area contributed by atoms with Crippen molar-refractivity contribution in [3.05, 3.63) is 29.1 Å². The van der Waals surface area contributed by atoms with Gasteiger partial charge in [-0.2, -0.15) is 13.2 Å². The predicted octanol–water partition coefficient (Wildman–Crippen LogP) is 3.07. The highest BCUT2D eigenvalue weighted by atomic mass is 32.3. The highest BCUT2D eigenvalue weighted by Gasteiger charge is 2.51. The minimum absolute atomic E-state index is 2.75. The largest absolute Gasteiger partial charge is 0.403 e. The SMILES string of the molecule is O=S(O)(O)(CC(F)(F)F)c1c(F)c(F)c(F)c(F)c1F. The van der Waals surface area contributed by atoms with Gasteiger partial charge in [-0.05, 0) is 0 Å². The summed E-state index contributed by atoms with van der Waals surface area (Å²) >= 11 is 0. The number of benzene rings is 1. The Bertz CT molecular complexity index is 603. The van der Waals surface area contributed by atoms with Gasteiger partial charge in [-0.3, -0.25) is 0 Å². The van der Waals surface area contributed by atoms with Gasteiger partial charge in [0.25, 0.3) is 0 Å². The summed E-state index contributed by atoms with van der Waals surface area (Å²) in [5.74, 6) is -17.4. The zero-order chi connectivity index (χ0) is 16.1. The molecule has 12 heteroatoms. The van der Waals surface area contributed by atoms with Gasteiger partial charge in [0.15, 0.2) is 23.3 Å². The molecule has 0 unspecified atom stereocenters. The summed E-state index contributed by atoms with van der Waals surface area (Å²) < 4.78 is 130. The van der Waals surface area contributed by atoms with Crippen LogP contribution in [0.25, 0.3) is 0 Å². The fourth-order valence-corrected chi connectivity index (χ4v) is 2.95. The van der Waals surface area contributed by atoms with E-state index in [0.717, 1.165) is 0 Å². The van der Waals surface area contributed by atoms with Crippen molar-refractivity contribution in [2.75, 3.05) is 5.75 Å². The van der Waals surface area contributed by atoms with Gasteiger partial charge in [0.2, 0.25) is 5.82 Å². The monoisotopic (exact) mass is 332 g/mol. The van der Waals surface area contributed by atoms with Gasteiger partial charge >= 0.3 is 6.18 Å². The van der Waals surface area contributed by atoms with Crippen LogP contribution in [-0.4, -0.2) is 25.2 Å². The summed E-state index contributed by atoms with van der Waals surface area (Å²) in [4.78, 5) is -2.82. The summed E-state index contributed by atoms with van der Waals surface area (Å²) in [5, 5.41) is 0. The lowest BCUT2D eigenvalue weighted by Crippen LogP contribution is -2.44. The number of hydrogen-bond acceptors (Lipinski definition) is 1. The van der Waals surface area contributed by atoms with E-state index < -0.39 is 55.5 Å². The van der Waals surface area contributed by atoms with Gasteiger partial charge < -0.3 is 9.11 Å². The van der Waals surface area contributed by atoms with Crippen LogP contribution < -0.4 is 0 Å². The molecule has 1 rings (SSSR count). The molecule has 0 aliphatic carbocycles. The van der Waals surface area contributed by atoms with E-state index in [1.807, 2.05) is 0 Å². The molecule has 2 N–H and O–H groups in total. The topological polar surface area (TPSA) is 57.5 Å². The van der Waals surface area contributed by atoms with Crippen molar-refractivity contribution in [1.29, 1.82) is 0 Å². The molecule has 3 nitrogen and oxygen atoms in total. The third kappa shape index (κ3) is 2.91. The molecule has 0 spiro atoms. The molecule has 1 aromatic rings. The van der Waals surface area contributed by atoms with Crippen molar-refractivity contribution in [1.82, 2.24) is 0 Å². The Kier molecular flexibility index (Phi) is 3.66. The third-order valence-corrected chi connectivity index (χ3v) is 4.03. The molecule has 1 aromatic carbocycles. The second-order valence-electron chi connectivity index (χ2n) is 3.68. The molecule has 0 amide bonds. The summed E-state index contributed by atoms with van der Waals surface area (Å²) in [6.07, 6.45) is -5.62. The highest BCUT2D eigenvalue weighted by molar-refractivity contribution is 8.10. The molecule has 0 heterocycles. The van der Waals surface area contributed by atoms with Gasteiger partial charge in [-0.25, -0.2) is 26.2 Å². The fraction of sp³-hybridized carbons (Fsp3) is 0.250. The van der Waals surface area contributed by atoms with Gasteiger partial charge in [-0.1, -0.05) is 0 Å². The maximum absolute atomic E-state index is 13.1. The standard InChI is InChI=1S/C8H4F8O3S/c9-2-3(10)5(12)7(6(13)4(2)11)20(17,18,19)1-8(14,15)16/h1H2,(H2,17,18,19). The Morgan fingerprint density at radius 3 is 1.40 bits per heavy atom. The van der Waals surface area contributed by atoms with Crippen LogP contribution in [0.4, 0.5) is 35.1 Å². The second kappa shape index (κ2) is 4.36. The number of hydrogen-bond donors (Lipinski definition) is 2. The van der Waals surface area contributed by atoms with Crippen LogP contribution in [-0.2, 0) is 9.63 Å². The molecular formula is C8H4F8O3S. The van der Waals surface area contributed by atoms with Crippen LogP contribution >= 0.6 is 0 Å². The van der Waals surface area contributed by atoms with Crippen LogP contribution in [0.2, 0.25) is 0 Å². The Morgan fingerprint density at radius 2 is 1.10 bits per heavy atom. The lowest BCUT2D eigenvalue weighted by Gasteiger charge is -2.32. The molecule has 0 aromatic heterocycles. The van der Waals surface area contributed by atoms with Crippen LogP contribution in [0.1, 0.15) is 0 Å². The predicted molar refractivity (Wildman–Crippen MR) is 48.8 cm³/mol. The van der Waals surface area contributed by atoms with Crippen LogP contribution in [0.15, 0.2) is 4.90 Å². The lowest BCUT2D eigenvalue weighted by molar-refractivity contribution is -0.109. The van der Waals surface area contributed by atoms with Crippen molar-refractivity contribution in [3.63, 3.8) is 0 Å². The molecule has 0 aliphatic rings. The molecule has 0 fully saturated rings. The zero-order valence-electron chi connectivity index (χ0n) is 8.94. The maximum atomic E-state index is 13.1. The Balaban J connectivity index is 3.75. The molecular weight excluding hydrogens is 328 g/mol. The van der Waals surface area contributed by atoms with Crippen molar-refractivity contribution < 1.29 is 48.4 Å². The first-order valence-corrected chi connectivity index (χ1v) is 6.44. The maximum Gasteiger partial charge on any atom is 0.403 e. The van der Waals surface area contributed by atoms with Crippen LogP contribution in [0.3, 0.4) is 0 Å².